The van der Waals surface area contributed by atoms with Crippen molar-refractivity contribution in [1.82, 2.24) is 4.57 Å². The van der Waals surface area contributed by atoms with Gasteiger partial charge in [0.1, 0.15) is 11.9 Å². The summed E-state index contributed by atoms with van der Waals surface area (Å²) in [6.07, 6.45) is 21.0. The molecule has 2 heteroatoms. The van der Waals surface area contributed by atoms with Crippen molar-refractivity contribution in [2.75, 3.05) is 0 Å². The summed E-state index contributed by atoms with van der Waals surface area (Å²) in [5.74, 6) is 2.01. The first kappa shape index (κ1) is 29.2. The monoisotopic (exact) mass is 501 g/mol. The van der Waals surface area contributed by atoms with Crippen molar-refractivity contribution in [1.29, 1.82) is 0 Å². The van der Waals surface area contributed by atoms with Crippen molar-refractivity contribution in [3.8, 4) is 0 Å². The molecule has 0 amide bonds. The number of hydrogen-bond acceptors (Lipinski definition) is 0. The lowest BCUT2D eigenvalue weighted by molar-refractivity contribution is -0.704. The first-order chi connectivity index (χ1) is 18.2. The fourth-order valence-electron chi connectivity index (χ4n) is 5.55. The summed E-state index contributed by atoms with van der Waals surface area (Å²) >= 11 is 0. The van der Waals surface area contributed by atoms with Crippen LogP contribution in [0.15, 0.2) is 66.9 Å². The van der Waals surface area contributed by atoms with Gasteiger partial charge in [0.25, 0.3) is 5.82 Å². The van der Waals surface area contributed by atoms with Gasteiger partial charge in [0.2, 0.25) is 0 Å². The summed E-state index contributed by atoms with van der Waals surface area (Å²) in [5, 5.41) is 0. The molecule has 0 fully saturated rings. The fourth-order valence-corrected chi connectivity index (χ4v) is 5.55. The van der Waals surface area contributed by atoms with E-state index in [2.05, 4.69) is 96.8 Å². The maximum Gasteiger partial charge on any atom is 0.261 e. The standard InChI is InChI=1S/C35H53N2/c1-4-6-8-9-10-11-12-13-14-21-26-36-30-34(28-31(3)33-24-19-16-20-25-33)37(27-7-5-2)35(36)29-32-22-17-15-18-23-32/h15-20,22-25,30-31H,4-14,21,26-29H2,1-3H3/q+1. The molecule has 0 bridgehead atoms. The number of unbranched alkanes of at least 4 members (excludes halogenated alkanes) is 10. The minimum atomic E-state index is 0.520. The van der Waals surface area contributed by atoms with Crippen LogP contribution in [0, 0.1) is 0 Å². The van der Waals surface area contributed by atoms with E-state index in [9.17, 15) is 0 Å². The highest BCUT2D eigenvalue weighted by Gasteiger charge is 2.24. The highest BCUT2D eigenvalue weighted by atomic mass is 15.2. The Morgan fingerprint density at radius 1 is 0.676 bits per heavy atom. The maximum atomic E-state index is 2.67. The predicted octanol–water partition coefficient (Wildman–Crippen LogP) is 9.43. The number of rotatable bonds is 19. The largest absolute Gasteiger partial charge is 0.261 e. The molecule has 0 saturated heterocycles. The zero-order valence-electron chi connectivity index (χ0n) is 24.1. The average molecular weight is 502 g/mol. The zero-order chi connectivity index (χ0) is 26.1. The van der Waals surface area contributed by atoms with Gasteiger partial charge in [0.05, 0.1) is 19.5 Å². The van der Waals surface area contributed by atoms with Gasteiger partial charge >= 0.3 is 0 Å². The Balaban J connectivity index is 1.68. The van der Waals surface area contributed by atoms with Crippen LogP contribution in [0.3, 0.4) is 0 Å². The van der Waals surface area contributed by atoms with E-state index in [0.29, 0.717) is 5.92 Å². The Morgan fingerprint density at radius 3 is 1.86 bits per heavy atom. The van der Waals surface area contributed by atoms with Gasteiger partial charge in [-0.2, -0.15) is 0 Å². The maximum absolute atomic E-state index is 2.67. The molecule has 3 aromatic rings. The molecule has 0 aliphatic heterocycles. The summed E-state index contributed by atoms with van der Waals surface area (Å²) in [4.78, 5) is 0. The molecule has 1 heterocycles. The molecule has 1 aromatic heterocycles. The van der Waals surface area contributed by atoms with Crippen LogP contribution in [0.2, 0.25) is 0 Å². The van der Waals surface area contributed by atoms with E-state index in [1.54, 1.807) is 0 Å². The minimum Gasteiger partial charge on any atom is -0.234 e. The van der Waals surface area contributed by atoms with Gasteiger partial charge in [-0.25, -0.2) is 9.13 Å². The molecule has 0 aliphatic carbocycles. The van der Waals surface area contributed by atoms with Crippen molar-refractivity contribution in [3.05, 3.63) is 89.5 Å². The number of benzene rings is 2. The minimum absolute atomic E-state index is 0.520. The quantitative estimate of drug-likeness (QED) is 0.114. The van der Waals surface area contributed by atoms with Crippen LogP contribution in [0.25, 0.3) is 0 Å². The van der Waals surface area contributed by atoms with Crippen molar-refractivity contribution in [3.63, 3.8) is 0 Å². The van der Waals surface area contributed by atoms with Gasteiger partial charge in [0, 0.05) is 6.42 Å². The van der Waals surface area contributed by atoms with Gasteiger partial charge in [0.15, 0.2) is 0 Å². The summed E-state index contributed by atoms with van der Waals surface area (Å²) in [7, 11) is 0. The van der Waals surface area contributed by atoms with Crippen LogP contribution >= 0.6 is 0 Å². The third-order valence-electron chi connectivity index (χ3n) is 7.87. The summed E-state index contributed by atoms with van der Waals surface area (Å²) in [6, 6.07) is 22.1. The molecule has 37 heavy (non-hydrogen) atoms. The van der Waals surface area contributed by atoms with Crippen LogP contribution in [0.1, 0.15) is 126 Å². The molecular weight excluding hydrogens is 448 g/mol. The lowest BCUT2D eigenvalue weighted by Crippen LogP contribution is -2.37. The first-order valence-electron chi connectivity index (χ1n) is 15.4. The van der Waals surface area contributed by atoms with Crippen LogP contribution < -0.4 is 4.57 Å². The molecular formula is C35H53N2+. The van der Waals surface area contributed by atoms with Gasteiger partial charge in [-0.1, -0.05) is 139 Å². The summed E-state index contributed by atoms with van der Waals surface area (Å²) in [6.45, 7) is 9.26. The Hall–Kier alpha value is -2.35. The van der Waals surface area contributed by atoms with E-state index >= 15 is 0 Å². The molecule has 1 atom stereocenters. The fraction of sp³-hybridized carbons (Fsp3) is 0.571. The summed E-state index contributed by atoms with van der Waals surface area (Å²) in [5.41, 5.74) is 4.36. The smallest absolute Gasteiger partial charge is 0.234 e. The van der Waals surface area contributed by atoms with Crippen LogP contribution in [-0.4, -0.2) is 4.57 Å². The normalized spacial score (nSPS) is 12.2. The van der Waals surface area contributed by atoms with Gasteiger partial charge < -0.3 is 0 Å². The number of hydrogen-bond donors (Lipinski definition) is 0. The number of aryl methyl sites for hydroxylation is 1. The van der Waals surface area contributed by atoms with E-state index in [4.69, 9.17) is 0 Å². The topological polar surface area (TPSA) is 8.81 Å². The second kappa shape index (κ2) is 17.2. The van der Waals surface area contributed by atoms with Crippen LogP contribution in [-0.2, 0) is 25.9 Å². The lowest BCUT2D eigenvalue weighted by Gasteiger charge is -2.11. The Labute approximate surface area is 228 Å². The lowest BCUT2D eigenvalue weighted by atomic mass is 9.96. The Morgan fingerprint density at radius 2 is 1.24 bits per heavy atom. The van der Waals surface area contributed by atoms with E-state index in [1.807, 2.05) is 0 Å². The van der Waals surface area contributed by atoms with Crippen LogP contribution in [0.4, 0.5) is 0 Å². The average Bonchev–Trinajstić information content (AvgIpc) is 3.24. The summed E-state index contributed by atoms with van der Waals surface area (Å²) < 4.78 is 5.28. The van der Waals surface area contributed by atoms with Crippen molar-refractivity contribution in [2.24, 2.45) is 0 Å². The van der Waals surface area contributed by atoms with Gasteiger partial charge in [-0.05, 0) is 36.3 Å². The molecule has 0 N–H and O–H groups in total. The molecule has 0 spiro atoms. The molecule has 1 unspecified atom stereocenters. The molecule has 0 aliphatic rings. The molecule has 0 saturated carbocycles. The van der Waals surface area contributed by atoms with E-state index in [1.165, 1.54) is 99.7 Å². The third kappa shape index (κ3) is 10.1. The van der Waals surface area contributed by atoms with E-state index in [-0.39, 0.29) is 0 Å². The van der Waals surface area contributed by atoms with Crippen molar-refractivity contribution in [2.45, 2.75) is 130 Å². The molecule has 3 rings (SSSR count). The second-order valence-corrected chi connectivity index (χ2v) is 11.1. The van der Waals surface area contributed by atoms with Gasteiger partial charge in [-0.15, -0.1) is 0 Å². The second-order valence-electron chi connectivity index (χ2n) is 11.1. The number of nitrogens with zero attached hydrogens (tertiary/aromatic N) is 2. The number of aromatic nitrogens is 2. The molecule has 0 radical (unpaired) electrons. The molecule has 202 valence electrons. The SMILES string of the molecule is CCCCCCCCCCCC[n+]1cc(CC(C)c2ccccc2)n(CCCC)c1Cc1ccccc1. The van der Waals surface area contributed by atoms with Crippen molar-refractivity contribution >= 4 is 0 Å². The first-order valence-corrected chi connectivity index (χ1v) is 15.4. The molecule has 2 aromatic carbocycles. The van der Waals surface area contributed by atoms with E-state index < -0.39 is 0 Å². The predicted molar refractivity (Wildman–Crippen MR) is 159 cm³/mol. The molecule has 2 nitrogen and oxygen atoms in total. The van der Waals surface area contributed by atoms with Crippen molar-refractivity contribution < 1.29 is 4.57 Å². The highest BCUT2D eigenvalue weighted by Crippen LogP contribution is 2.22. The Kier molecular flexibility index (Phi) is 13.6. The van der Waals surface area contributed by atoms with Crippen LogP contribution in [0.5, 0.6) is 0 Å². The van der Waals surface area contributed by atoms with Gasteiger partial charge in [-0.3, -0.25) is 0 Å². The highest BCUT2D eigenvalue weighted by molar-refractivity contribution is 5.22. The zero-order valence-corrected chi connectivity index (χ0v) is 24.1. The Bertz CT molecular complexity index is 973. The van der Waals surface area contributed by atoms with E-state index in [0.717, 1.165) is 25.9 Å². The third-order valence-corrected chi connectivity index (χ3v) is 7.87. The number of imidazole rings is 1.